The van der Waals surface area contributed by atoms with Crippen molar-refractivity contribution in [3.05, 3.63) is 82.1 Å². The van der Waals surface area contributed by atoms with E-state index in [1.54, 1.807) is 25.3 Å². The summed E-state index contributed by atoms with van der Waals surface area (Å²) in [5.41, 5.74) is 0.489. The number of nitrogens with one attached hydrogen (secondary N) is 1. The monoisotopic (exact) mass is 431 g/mol. The van der Waals surface area contributed by atoms with E-state index in [0.29, 0.717) is 17.9 Å². The normalized spacial score (nSPS) is 11.2. The summed E-state index contributed by atoms with van der Waals surface area (Å²) in [5.74, 6) is 0.224. The fourth-order valence-electron chi connectivity index (χ4n) is 2.87. The maximum Gasteiger partial charge on any atom is 0.416 e. The molecule has 31 heavy (non-hydrogen) atoms. The molecule has 0 saturated heterocycles. The molecule has 9 heteroatoms. The Bertz CT molecular complexity index is 1090. The van der Waals surface area contributed by atoms with Crippen molar-refractivity contribution in [3.8, 4) is 17.0 Å². The number of ether oxygens (including phenoxy) is 1. The quantitative estimate of drug-likeness (QED) is 0.579. The number of hydrogen-bond donors (Lipinski definition) is 1. The minimum atomic E-state index is -4.45. The summed E-state index contributed by atoms with van der Waals surface area (Å²) in [6.07, 6.45) is -4.03. The van der Waals surface area contributed by atoms with Crippen molar-refractivity contribution in [2.45, 2.75) is 19.1 Å². The van der Waals surface area contributed by atoms with Crippen LogP contribution in [0.2, 0.25) is 0 Å². The van der Waals surface area contributed by atoms with Gasteiger partial charge in [-0.05, 0) is 61.0 Å². The Morgan fingerprint density at radius 2 is 1.71 bits per heavy atom. The molecule has 1 amide bonds. The second kappa shape index (κ2) is 9.46. The number of alkyl halides is 3. The van der Waals surface area contributed by atoms with Crippen molar-refractivity contribution in [1.82, 2.24) is 15.1 Å². The largest absolute Gasteiger partial charge is 0.497 e. The number of carbonyl (C=O) groups excluding carboxylic acids is 1. The molecule has 0 fully saturated rings. The fourth-order valence-corrected chi connectivity index (χ4v) is 2.87. The van der Waals surface area contributed by atoms with Crippen LogP contribution in [0.3, 0.4) is 0 Å². The van der Waals surface area contributed by atoms with E-state index in [0.717, 1.165) is 29.8 Å². The van der Waals surface area contributed by atoms with Crippen LogP contribution in [0.25, 0.3) is 11.3 Å². The Hall–Kier alpha value is -3.62. The van der Waals surface area contributed by atoms with Crippen LogP contribution in [-0.4, -0.2) is 29.3 Å². The van der Waals surface area contributed by atoms with Crippen LogP contribution in [0.15, 0.2) is 65.5 Å². The molecule has 1 aromatic heterocycles. The van der Waals surface area contributed by atoms with Crippen molar-refractivity contribution in [3.63, 3.8) is 0 Å². The molecule has 0 unspecified atom stereocenters. The van der Waals surface area contributed by atoms with E-state index in [-0.39, 0.29) is 24.2 Å². The Morgan fingerprint density at radius 3 is 2.32 bits per heavy atom. The highest BCUT2D eigenvalue weighted by molar-refractivity contribution is 5.94. The molecule has 6 nitrogen and oxygen atoms in total. The van der Waals surface area contributed by atoms with E-state index in [1.807, 2.05) is 12.1 Å². The second-order valence-corrected chi connectivity index (χ2v) is 6.69. The molecule has 3 aromatic rings. The van der Waals surface area contributed by atoms with Crippen LogP contribution in [-0.2, 0) is 12.7 Å². The third-order valence-electron chi connectivity index (χ3n) is 4.56. The maximum atomic E-state index is 12.6. The van der Waals surface area contributed by atoms with Crippen molar-refractivity contribution in [2.75, 3.05) is 13.7 Å². The average Bonchev–Trinajstić information content (AvgIpc) is 2.77. The lowest BCUT2D eigenvalue weighted by molar-refractivity contribution is -0.137. The summed E-state index contributed by atoms with van der Waals surface area (Å²) >= 11 is 0. The number of benzene rings is 2. The number of rotatable bonds is 7. The SMILES string of the molecule is COc1ccc(-c2ccc(=O)n(CCCNC(=O)c3ccc(C(F)(F)F)cc3)n2)cc1. The van der Waals surface area contributed by atoms with E-state index in [9.17, 15) is 22.8 Å². The lowest BCUT2D eigenvalue weighted by atomic mass is 10.1. The fraction of sp³-hybridized carbons (Fsp3) is 0.227. The lowest BCUT2D eigenvalue weighted by Gasteiger charge is -2.10. The van der Waals surface area contributed by atoms with Crippen molar-refractivity contribution >= 4 is 5.91 Å². The molecule has 2 aromatic carbocycles. The molecule has 1 heterocycles. The predicted molar refractivity (Wildman–Crippen MR) is 109 cm³/mol. The number of methoxy groups -OCH3 is 1. The molecule has 0 aliphatic rings. The van der Waals surface area contributed by atoms with Crippen molar-refractivity contribution in [2.24, 2.45) is 0 Å². The second-order valence-electron chi connectivity index (χ2n) is 6.69. The summed E-state index contributed by atoms with van der Waals surface area (Å²) < 4.78 is 44.2. The van der Waals surface area contributed by atoms with E-state index < -0.39 is 17.6 Å². The molecule has 3 rings (SSSR count). The van der Waals surface area contributed by atoms with E-state index in [1.165, 1.54) is 10.7 Å². The first kappa shape index (κ1) is 22.1. The number of nitrogens with zero attached hydrogens (tertiary/aromatic N) is 2. The zero-order chi connectivity index (χ0) is 22.4. The Labute approximate surface area is 176 Å². The minimum absolute atomic E-state index is 0.129. The van der Waals surface area contributed by atoms with Gasteiger partial charge in [0.25, 0.3) is 11.5 Å². The standard InChI is InChI=1S/C22H20F3N3O3/c1-31-18-9-5-15(6-10-18)19-11-12-20(29)28(27-19)14-2-13-26-21(30)16-3-7-17(8-4-16)22(23,24)25/h3-12H,2,13-14H2,1H3,(H,26,30). The molecular formula is C22H20F3N3O3. The summed E-state index contributed by atoms with van der Waals surface area (Å²) in [4.78, 5) is 24.2. The molecule has 0 aliphatic carbocycles. The third-order valence-corrected chi connectivity index (χ3v) is 4.56. The average molecular weight is 431 g/mol. The molecule has 0 atom stereocenters. The summed E-state index contributed by atoms with van der Waals surface area (Å²) in [6, 6.07) is 14.3. The van der Waals surface area contributed by atoms with Crippen LogP contribution < -0.4 is 15.6 Å². The molecule has 0 bridgehead atoms. The highest BCUT2D eigenvalue weighted by Crippen LogP contribution is 2.29. The van der Waals surface area contributed by atoms with Crippen LogP contribution in [0.5, 0.6) is 5.75 Å². The Kier molecular flexibility index (Phi) is 6.74. The molecule has 162 valence electrons. The Balaban J connectivity index is 1.56. The Morgan fingerprint density at radius 1 is 1.03 bits per heavy atom. The molecule has 0 spiro atoms. The van der Waals surface area contributed by atoms with Gasteiger partial charge in [-0.1, -0.05) is 0 Å². The van der Waals surface area contributed by atoms with Gasteiger partial charge in [0.15, 0.2) is 0 Å². The van der Waals surface area contributed by atoms with Gasteiger partial charge in [-0.15, -0.1) is 0 Å². The van der Waals surface area contributed by atoms with Crippen LogP contribution in [0, 0.1) is 0 Å². The smallest absolute Gasteiger partial charge is 0.416 e. The van der Waals surface area contributed by atoms with Gasteiger partial charge in [0.1, 0.15) is 5.75 Å². The predicted octanol–water partition coefficient (Wildman–Crippen LogP) is 3.76. The van der Waals surface area contributed by atoms with Gasteiger partial charge in [0.2, 0.25) is 0 Å². The molecule has 0 aliphatic heterocycles. The third kappa shape index (κ3) is 5.71. The zero-order valence-corrected chi connectivity index (χ0v) is 16.6. The minimum Gasteiger partial charge on any atom is -0.497 e. The number of halogens is 3. The van der Waals surface area contributed by atoms with Crippen LogP contribution in [0.1, 0.15) is 22.3 Å². The lowest BCUT2D eigenvalue weighted by Crippen LogP contribution is -2.28. The van der Waals surface area contributed by atoms with Gasteiger partial charge in [-0.2, -0.15) is 18.3 Å². The number of hydrogen-bond acceptors (Lipinski definition) is 4. The van der Waals surface area contributed by atoms with Gasteiger partial charge >= 0.3 is 6.18 Å². The first-order chi connectivity index (χ1) is 14.8. The van der Waals surface area contributed by atoms with Gasteiger partial charge in [-0.25, -0.2) is 4.68 Å². The van der Waals surface area contributed by atoms with Gasteiger partial charge < -0.3 is 10.1 Å². The van der Waals surface area contributed by atoms with Gasteiger partial charge in [0, 0.05) is 30.3 Å². The first-order valence-corrected chi connectivity index (χ1v) is 9.46. The maximum absolute atomic E-state index is 12.6. The summed E-state index contributed by atoms with van der Waals surface area (Å²) in [7, 11) is 1.57. The number of carbonyl (C=O) groups is 1. The molecule has 1 N–H and O–H groups in total. The highest BCUT2D eigenvalue weighted by atomic mass is 19.4. The van der Waals surface area contributed by atoms with Crippen LogP contribution in [0.4, 0.5) is 13.2 Å². The topological polar surface area (TPSA) is 73.2 Å². The highest BCUT2D eigenvalue weighted by Gasteiger charge is 2.30. The van der Waals surface area contributed by atoms with E-state index in [4.69, 9.17) is 4.74 Å². The molecule has 0 radical (unpaired) electrons. The number of amides is 1. The van der Waals surface area contributed by atoms with Crippen molar-refractivity contribution < 1.29 is 22.7 Å². The van der Waals surface area contributed by atoms with Gasteiger partial charge in [-0.3, -0.25) is 9.59 Å². The number of aromatic nitrogens is 2. The number of aryl methyl sites for hydroxylation is 1. The molecular weight excluding hydrogens is 411 g/mol. The van der Waals surface area contributed by atoms with Crippen molar-refractivity contribution in [1.29, 1.82) is 0 Å². The summed E-state index contributed by atoms with van der Waals surface area (Å²) in [6.45, 7) is 0.511. The van der Waals surface area contributed by atoms with E-state index in [2.05, 4.69) is 10.4 Å². The van der Waals surface area contributed by atoms with Gasteiger partial charge in [0.05, 0.1) is 18.4 Å². The first-order valence-electron chi connectivity index (χ1n) is 9.46. The van der Waals surface area contributed by atoms with Crippen LogP contribution >= 0.6 is 0 Å². The molecule has 0 saturated carbocycles. The van der Waals surface area contributed by atoms with E-state index >= 15 is 0 Å². The zero-order valence-electron chi connectivity index (χ0n) is 16.6. The summed E-state index contributed by atoms with van der Waals surface area (Å²) in [5, 5.41) is 6.98.